The third kappa shape index (κ3) is 3.29. The molecule has 6 nitrogen and oxygen atoms in total. The van der Waals surface area contributed by atoms with Crippen LogP contribution >= 0.6 is 11.6 Å². The van der Waals surface area contributed by atoms with E-state index in [4.69, 9.17) is 16.3 Å². The lowest BCUT2D eigenvalue weighted by Crippen LogP contribution is -2.29. The molecule has 148 valence electrons. The van der Waals surface area contributed by atoms with Crippen LogP contribution in [-0.4, -0.2) is 39.6 Å². The van der Waals surface area contributed by atoms with Crippen LogP contribution in [0.1, 0.15) is 6.92 Å². The standard InChI is InChI=1S/C21H19ClFN5O/c1-21-12-28(20-26-6-13(22)7-27-20)10-16(21)17(21)11-29-14-2-3-19(25-8-14)15-4-5-24-9-18(15)23/h2-9,16-17H,10-12H2,1H3/t16?,17-,21-/m1/s1. The summed E-state index contributed by atoms with van der Waals surface area (Å²) in [5, 5.41) is 0.543. The number of hydrogen-bond donors (Lipinski definition) is 0. The number of aromatic nitrogens is 4. The minimum atomic E-state index is -0.387. The summed E-state index contributed by atoms with van der Waals surface area (Å²) in [6.07, 6.45) is 7.64. The second-order valence-electron chi connectivity index (χ2n) is 7.85. The molecule has 1 saturated heterocycles. The Labute approximate surface area is 172 Å². The summed E-state index contributed by atoms with van der Waals surface area (Å²) in [6, 6.07) is 5.21. The van der Waals surface area contributed by atoms with Gasteiger partial charge in [0.1, 0.15) is 5.75 Å². The number of ether oxygens (including phenoxy) is 1. The zero-order valence-corrected chi connectivity index (χ0v) is 16.6. The van der Waals surface area contributed by atoms with Gasteiger partial charge in [-0.05, 0) is 29.5 Å². The predicted molar refractivity (Wildman–Crippen MR) is 107 cm³/mol. The van der Waals surface area contributed by atoms with Crippen LogP contribution in [0.25, 0.3) is 11.3 Å². The Hall–Kier alpha value is -2.80. The Morgan fingerprint density at radius 2 is 2.00 bits per heavy atom. The van der Waals surface area contributed by atoms with Gasteiger partial charge in [0.2, 0.25) is 5.95 Å². The van der Waals surface area contributed by atoms with Crippen molar-refractivity contribution in [1.82, 2.24) is 19.9 Å². The number of fused-ring (bicyclic) bond motifs is 1. The molecule has 0 N–H and O–H groups in total. The summed E-state index contributed by atoms with van der Waals surface area (Å²) in [5.41, 5.74) is 1.20. The van der Waals surface area contributed by atoms with Gasteiger partial charge >= 0.3 is 0 Å². The number of nitrogens with zero attached hydrogens (tertiary/aromatic N) is 5. The highest BCUT2D eigenvalue weighted by Gasteiger charge is 2.66. The highest BCUT2D eigenvalue weighted by atomic mass is 35.5. The van der Waals surface area contributed by atoms with Crippen LogP contribution in [0.2, 0.25) is 5.02 Å². The SMILES string of the molecule is C[C@@]12CN(c3ncc(Cl)cn3)CC1[C@H]2COc1ccc(-c2ccncc2F)nc1. The average molecular weight is 412 g/mol. The normalized spacial score (nSPS) is 25.0. The minimum absolute atomic E-state index is 0.205. The smallest absolute Gasteiger partial charge is 0.225 e. The molecule has 29 heavy (non-hydrogen) atoms. The number of rotatable bonds is 5. The first kappa shape index (κ1) is 18.2. The maximum absolute atomic E-state index is 13.8. The van der Waals surface area contributed by atoms with Gasteiger partial charge in [0, 0.05) is 30.8 Å². The molecule has 2 fully saturated rings. The van der Waals surface area contributed by atoms with Gasteiger partial charge in [0.15, 0.2) is 5.82 Å². The van der Waals surface area contributed by atoms with Crippen molar-refractivity contribution < 1.29 is 9.13 Å². The first-order valence-corrected chi connectivity index (χ1v) is 9.83. The highest BCUT2D eigenvalue weighted by molar-refractivity contribution is 6.30. The molecule has 1 aliphatic carbocycles. The molecule has 4 heterocycles. The molecule has 1 unspecified atom stereocenters. The lowest BCUT2D eigenvalue weighted by Gasteiger charge is -2.22. The van der Waals surface area contributed by atoms with Crippen LogP contribution in [-0.2, 0) is 0 Å². The summed E-state index contributed by atoms with van der Waals surface area (Å²) in [5.74, 6) is 2.07. The van der Waals surface area contributed by atoms with Crippen molar-refractivity contribution in [3.8, 4) is 17.0 Å². The van der Waals surface area contributed by atoms with Crippen molar-refractivity contribution in [2.45, 2.75) is 6.92 Å². The second-order valence-corrected chi connectivity index (χ2v) is 8.28. The van der Waals surface area contributed by atoms with Crippen LogP contribution < -0.4 is 9.64 Å². The van der Waals surface area contributed by atoms with Crippen LogP contribution in [0.4, 0.5) is 10.3 Å². The minimum Gasteiger partial charge on any atom is -0.492 e. The molecule has 0 amide bonds. The van der Waals surface area contributed by atoms with E-state index >= 15 is 0 Å². The lowest BCUT2D eigenvalue weighted by molar-refractivity contribution is 0.269. The van der Waals surface area contributed by atoms with Gasteiger partial charge in [-0.15, -0.1) is 0 Å². The zero-order chi connectivity index (χ0) is 20.0. The molecule has 3 aromatic rings. The summed E-state index contributed by atoms with van der Waals surface area (Å²) >= 11 is 5.87. The molecule has 3 atom stereocenters. The van der Waals surface area contributed by atoms with Crippen LogP contribution in [0.15, 0.2) is 49.2 Å². The van der Waals surface area contributed by atoms with Crippen molar-refractivity contribution >= 4 is 17.5 Å². The molecule has 3 aromatic heterocycles. The molecule has 0 spiro atoms. The molecule has 0 aromatic carbocycles. The first-order valence-electron chi connectivity index (χ1n) is 9.46. The van der Waals surface area contributed by atoms with Crippen molar-refractivity contribution in [2.24, 2.45) is 17.3 Å². The Morgan fingerprint density at radius 1 is 1.17 bits per heavy atom. The fourth-order valence-electron chi connectivity index (χ4n) is 4.37. The van der Waals surface area contributed by atoms with E-state index in [1.165, 1.54) is 6.20 Å². The Bertz CT molecular complexity index is 1030. The molecule has 1 aliphatic heterocycles. The van der Waals surface area contributed by atoms with Crippen molar-refractivity contribution in [1.29, 1.82) is 0 Å². The second kappa shape index (κ2) is 6.91. The van der Waals surface area contributed by atoms with E-state index in [0.717, 1.165) is 19.0 Å². The average Bonchev–Trinajstić information content (AvgIpc) is 3.09. The molecule has 1 saturated carbocycles. The van der Waals surface area contributed by atoms with E-state index in [-0.39, 0.29) is 11.2 Å². The van der Waals surface area contributed by atoms with Gasteiger partial charge in [-0.2, -0.15) is 0 Å². The maximum Gasteiger partial charge on any atom is 0.225 e. The van der Waals surface area contributed by atoms with E-state index in [1.54, 1.807) is 36.9 Å². The first-order chi connectivity index (χ1) is 14.0. The van der Waals surface area contributed by atoms with E-state index in [0.29, 0.717) is 40.5 Å². The van der Waals surface area contributed by atoms with Crippen LogP contribution in [0, 0.1) is 23.1 Å². The Morgan fingerprint density at radius 3 is 2.66 bits per heavy atom. The summed E-state index contributed by atoms with van der Waals surface area (Å²) < 4.78 is 19.8. The van der Waals surface area contributed by atoms with E-state index < -0.39 is 0 Å². The van der Waals surface area contributed by atoms with Gasteiger partial charge in [-0.1, -0.05) is 18.5 Å². The molecule has 2 aliphatic rings. The molecule has 8 heteroatoms. The predicted octanol–water partition coefficient (Wildman–Crippen LogP) is 3.88. The van der Waals surface area contributed by atoms with E-state index in [1.807, 2.05) is 6.07 Å². The summed E-state index contributed by atoms with van der Waals surface area (Å²) in [7, 11) is 0. The number of pyridine rings is 2. The topological polar surface area (TPSA) is 64.0 Å². The van der Waals surface area contributed by atoms with Crippen LogP contribution in [0.5, 0.6) is 5.75 Å². The van der Waals surface area contributed by atoms with Gasteiger partial charge in [-0.3, -0.25) is 9.97 Å². The maximum atomic E-state index is 13.8. The molecule has 0 radical (unpaired) electrons. The Balaban J connectivity index is 1.18. The molecule has 0 bridgehead atoms. The zero-order valence-electron chi connectivity index (χ0n) is 15.8. The number of hydrogen-bond acceptors (Lipinski definition) is 6. The summed E-state index contributed by atoms with van der Waals surface area (Å²) in [4.78, 5) is 18.9. The fourth-order valence-corrected chi connectivity index (χ4v) is 4.47. The van der Waals surface area contributed by atoms with Crippen molar-refractivity contribution in [3.63, 3.8) is 0 Å². The largest absolute Gasteiger partial charge is 0.492 e. The van der Waals surface area contributed by atoms with Gasteiger partial charge < -0.3 is 9.64 Å². The van der Waals surface area contributed by atoms with Gasteiger partial charge in [-0.25, -0.2) is 14.4 Å². The van der Waals surface area contributed by atoms with E-state index in [2.05, 4.69) is 31.8 Å². The third-order valence-electron chi connectivity index (χ3n) is 6.12. The van der Waals surface area contributed by atoms with Crippen molar-refractivity contribution in [2.75, 3.05) is 24.6 Å². The van der Waals surface area contributed by atoms with E-state index in [9.17, 15) is 4.39 Å². The number of anilines is 1. The highest BCUT2D eigenvalue weighted by Crippen LogP contribution is 2.63. The lowest BCUT2D eigenvalue weighted by atomic mass is 10.1. The van der Waals surface area contributed by atoms with Crippen molar-refractivity contribution in [3.05, 3.63) is 60.0 Å². The number of piperidine rings is 1. The fraction of sp³-hybridized carbons (Fsp3) is 0.333. The monoisotopic (exact) mass is 411 g/mol. The quantitative estimate of drug-likeness (QED) is 0.635. The summed E-state index contributed by atoms with van der Waals surface area (Å²) in [6.45, 7) is 4.76. The third-order valence-corrected chi connectivity index (χ3v) is 6.32. The molecular weight excluding hydrogens is 393 g/mol. The van der Waals surface area contributed by atoms with Gasteiger partial charge in [0.25, 0.3) is 0 Å². The molecule has 5 rings (SSSR count). The van der Waals surface area contributed by atoms with Crippen LogP contribution in [0.3, 0.4) is 0 Å². The number of halogens is 2. The van der Waals surface area contributed by atoms with Gasteiger partial charge in [0.05, 0.1) is 42.1 Å². The molecular formula is C21H19ClFN5O. The Kier molecular flexibility index (Phi) is 4.35.